The Labute approximate surface area is 483 Å². The minimum Gasteiger partial charge on any atom is -0.481 e. The first-order valence-corrected chi connectivity index (χ1v) is 25.9. The Morgan fingerprint density at radius 3 is 0.988 bits per heavy atom. The van der Waals surface area contributed by atoms with Crippen molar-refractivity contribution in [2.75, 3.05) is 19.6 Å². The van der Waals surface area contributed by atoms with Gasteiger partial charge in [-0.25, -0.2) is 4.79 Å². The summed E-state index contributed by atoms with van der Waals surface area (Å²) in [7, 11) is 0. The molecule has 0 aliphatic heterocycles. The minimum atomic E-state index is -2.23. The molecule has 8 atom stereocenters. The van der Waals surface area contributed by atoms with Crippen LogP contribution in [0.1, 0.15) is 70.9 Å². The maximum Gasteiger partial charge on any atom is 0.326 e. The van der Waals surface area contributed by atoms with Crippen molar-refractivity contribution in [3.63, 3.8) is 0 Å². The van der Waals surface area contributed by atoms with Gasteiger partial charge in [0.05, 0.1) is 57.8 Å². The number of carbonyl (C=O) groups excluding carboxylic acids is 10. The van der Waals surface area contributed by atoms with E-state index in [0.717, 1.165) is 0 Å². The highest BCUT2D eigenvalue weighted by atomic mass is 16.4. The predicted octanol–water partition coefficient (Wildman–Crippen LogP) is -5.31. The van der Waals surface area contributed by atoms with Crippen LogP contribution in [0.4, 0.5) is 0 Å². The molecule has 2 aromatic rings. The number of nitrogens with one attached hydrogen (secondary N) is 11. The van der Waals surface area contributed by atoms with Crippen molar-refractivity contribution in [3.05, 3.63) is 71.8 Å². The molecule has 0 spiro atoms. The second kappa shape index (κ2) is 35.7. The van der Waals surface area contributed by atoms with Crippen LogP contribution in [0, 0.1) is 5.92 Å². The number of carboxylic acids is 6. The third kappa shape index (κ3) is 28.0. The normalized spacial score (nSPS) is 13.6. The summed E-state index contributed by atoms with van der Waals surface area (Å²) in [6, 6.07) is 1.52. The molecule has 0 aliphatic carbocycles. The summed E-state index contributed by atoms with van der Waals surface area (Å²) in [5.41, 5.74) is 0.939. The van der Waals surface area contributed by atoms with Gasteiger partial charge in [0.2, 0.25) is 59.1 Å². The average Bonchev–Trinajstić information content (AvgIpc) is 3.43. The molecule has 0 saturated heterocycles. The Balaban J connectivity index is 2.22. The molecule has 464 valence electrons. The van der Waals surface area contributed by atoms with Crippen LogP contribution in [0.25, 0.3) is 0 Å². The molecule has 0 aliphatic rings. The summed E-state index contributed by atoms with van der Waals surface area (Å²) >= 11 is 0. The molecular formula is C52H69N11O22. The van der Waals surface area contributed by atoms with Crippen LogP contribution in [0.3, 0.4) is 0 Å². The predicted molar refractivity (Wildman–Crippen MR) is 289 cm³/mol. The van der Waals surface area contributed by atoms with Crippen molar-refractivity contribution in [3.8, 4) is 0 Å². The lowest BCUT2D eigenvalue weighted by atomic mass is 10.0. The molecule has 2 aromatic carbocycles. The van der Waals surface area contributed by atoms with Gasteiger partial charge in [0.25, 0.3) is 0 Å². The van der Waals surface area contributed by atoms with Gasteiger partial charge in [0.1, 0.15) is 42.3 Å². The molecule has 0 radical (unpaired) electrons. The van der Waals surface area contributed by atoms with Gasteiger partial charge < -0.3 is 89.1 Å². The van der Waals surface area contributed by atoms with Crippen molar-refractivity contribution < 1.29 is 107 Å². The fraction of sp³-hybridized carbons (Fsp3) is 0.462. The van der Waals surface area contributed by atoms with Crippen molar-refractivity contribution >= 4 is 94.9 Å². The second-order valence-electron chi connectivity index (χ2n) is 19.5. The molecule has 0 aromatic heterocycles. The number of aliphatic carboxylic acids is 6. The van der Waals surface area contributed by atoms with Crippen LogP contribution in [-0.2, 0) is 89.6 Å². The molecular weight excluding hydrogens is 1130 g/mol. The molecule has 0 heterocycles. The summed E-state index contributed by atoms with van der Waals surface area (Å²) in [5, 5.41) is 81.2. The van der Waals surface area contributed by atoms with Gasteiger partial charge in [-0.05, 0) is 17.0 Å². The summed E-state index contributed by atoms with van der Waals surface area (Å²) < 4.78 is 0. The topological polar surface area (TPSA) is 527 Å². The number of hydrogen-bond donors (Lipinski definition) is 17. The molecule has 0 fully saturated rings. The SMILES string of the molecule is CC(C)NC(CC(=O)O)C(=O)NC(CC(=O)O)C(=O)NCC(=O)NCC(=O)NCC(=O)NC(CC(=O)O)C(=O)NC(CC(=O)O)C(=O)NC(CC(=O)O)C(=O)NC(Cc1ccccc1)C(=O)NC(Cc1ccccc1)C(=O)NC(C(=O)O)C(C)C. The number of carbonyl (C=O) groups is 16. The molecule has 10 amide bonds. The van der Waals surface area contributed by atoms with E-state index in [4.69, 9.17) is 5.11 Å². The van der Waals surface area contributed by atoms with Crippen LogP contribution in [-0.4, -0.2) is 200 Å². The Morgan fingerprint density at radius 1 is 0.341 bits per heavy atom. The van der Waals surface area contributed by atoms with Crippen LogP contribution in [0.15, 0.2) is 60.7 Å². The summed E-state index contributed by atoms with van der Waals surface area (Å²) in [5.74, 6) is -22.2. The Kier molecular flexibility index (Phi) is 29.8. The smallest absolute Gasteiger partial charge is 0.326 e. The third-order valence-electron chi connectivity index (χ3n) is 11.7. The van der Waals surface area contributed by atoms with Gasteiger partial charge in [0, 0.05) is 18.9 Å². The Morgan fingerprint density at radius 2 is 0.635 bits per heavy atom. The molecule has 0 saturated carbocycles. The number of rotatable bonds is 38. The van der Waals surface area contributed by atoms with Gasteiger partial charge in [-0.2, -0.15) is 0 Å². The van der Waals surface area contributed by atoms with Gasteiger partial charge in [0.15, 0.2) is 0 Å². The largest absolute Gasteiger partial charge is 0.481 e. The van der Waals surface area contributed by atoms with E-state index in [-0.39, 0.29) is 12.8 Å². The maximum atomic E-state index is 14.2. The molecule has 85 heavy (non-hydrogen) atoms. The average molecular weight is 1200 g/mol. The van der Waals surface area contributed by atoms with Crippen molar-refractivity contribution in [2.24, 2.45) is 5.92 Å². The molecule has 17 N–H and O–H groups in total. The monoisotopic (exact) mass is 1200 g/mol. The molecule has 33 heteroatoms. The van der Waals surface area contributed by atoms with Crippen LogP contribution < -0.4 is 58.5 Å². The second-order valence-corrected chi connectivity index (χ2v) is 19.5. The quantitative estimate of drug-likeness (QED) is 0.0299. The van der Waals surface area contributed by atoms with E-state index >= 15 is 0 Å². The van der Waals surface area contributed by atoms with Gasteiger partial charge in [-0.1, -0.05) is 88.4 Å². The Hall–Kier alpha value is -10.1. The number of hydrogen-bond acceptors (Lipinski definition) is 17. The zero-order valence-corrected chi connectivity index (χ0v) is 46.3. The Bertz CT molecular complexity index is 2760. The lowest BCUT2D eigenvalue weighted by Gasteiger charge is -2.27. The lowest BCUT2D eigenvalue weighted by Crippen LogP contribution is -2.60. The van der Waals surface area contributed by atoms with Crippen LogP contribution >= 0.6 is 0 Å². The van der Waals surface area contributed by atoms with Gasteiger partial charge in [-0.3, -0.25) is 71.9 Å². The summed E-state index contributed by atoms with van der Waals surface area (Å²) in [6.07, 6.45) is -5.99. The van der Waals surface area contributed by atoms with E-state index in [2.05, 4.69) is 31.9 Å². The highest BCUT2D eigenvalue weighted by Crippen LogP contribution is 2.11. The van der Waals surface area contributed by atoms with Crippen molar-refractivity contribution in [1.82, 2.24) is 58.5 Å². The van der Waals surface area contributed by atoms with Crippen molar-refractivity contribution in [1.29, 1.82) is 0 Å². The van der Waals surface area contributed by atoms with E-state index in [9.17, 15) is 102 Å². The fourth-order valence-corrected chi connectivity index (χ4v) is 7.61. The molecule has 33 nitrogen and oxygen atoms in total. The van der Waals surface area contributed by atoms with Gasteiger partial charge >= 0.3 is 35.8 Å². The number of amides is 10. The zero-order valence-electron chi connectivity index (χ0n) is 46.3. The first-order chi connectivity index (χ1) is 39.8. The first kappa shape index (κ1) is 71.0. The van der Waals surface area contributed by atoms with E-state index in [1.54, 1.807) is 74.5 Å². The summed E-state index contributed by atoms with van der Waals surface area (Å²) in [4.78, 5) is 203. The maximum absolute atomic E-state index is 14.2. The van der Waals surface area contributed by atoms with E-state index in [1.165, 1.54) is 13.8 Å². The van der Waals surface area contributed by atoms with Crippen LogP contribution in [0.2, 0.25) is 0 Å². The van der Waals surface area contributed by atoms with E-state index in [0.29, 0.717) is 11.1 Å². The molecule has 2 rings (SSSR count). The van der Waals surface area contributed by atoms with Crippen LogP contribution in [0.5, 0.6) is 0 Å². The third-order valence-corrected chi connectivity index (χ3v) is 11.7. The van der Waals surface area contributed by atoms with Gasteiger partial charge in [-0.15, -0.1) is 0 Å². The summed E-state index contributed by atoms with van der Waals surface area (Å²) in [6.45, 7) is 3.46. The first-order valence-electron chi connectivity index (χ1n) is 25.9. The molecule has 8 unspecified atom stereocenters. The van der Waals surface area contributed by atoms with E-state index in [1.807, 2.05) is 26.6 Å². The lowest BCUT2D eigenvalue weighted by molar-refractivity contribution is -0.144. The van der Waals surface area contributed by atoms with E-state index < -0.39 is 207 Å². The number of benzene rings is 2. The minimum absolute atomic E-state index is 0.183. The number of carboxylic acid groups (broad SMARTS) is 6. The highest BCUT2D eigenvalue weighted by molar-refractivity contribution is 6.00. The fourth-order valence-electron chi connectivity index (χ4n) is 7.61. The standard InChI is InChI=1S/C52H69N11O22/c1-25(2)44(52(84)85)63-51(83)30(16-28-13-9-6-10-14-28)59-46(78)29(15-27-11-7-5-8-12-27)58-49(81)34(20-42(73)74)62-50(82)35(21-43(75)76)61-48(80)33(19-41(71)72)57-38(66)24-54-36(64)22-53-37(65)23-55-45(77)31(17-39(67)68)60-47(79)32(18-40(69)70)56-26(3)4/h5-14,25-26,29-35,44,56H,15-24H2,1-4H3,(H,53,65)(H,54,64)(H,55,77)(H,57,66)(H,58,81)(H,59,78)(H,60,79)(H,61,80)(H,62,82)(H,63,83)(H,67,68)(H,69,70)(H,71,72)(H,73,74)(H,75,76)(H,84,85). The van der Waals surface area contributed by atoms with Crippen molar-refractivity contribution in [2.45, 2.75) is 127 Å². The zero-order chi connectivity index (χ0) is 64.1. The molecule has 0 bridgehead atoms. The highest BCUT2D eigenvalue weighted by Gasteiger charge is 2.36.